The molecule has 1 aromatic carbocycles. The second-order valence-electron chi connectivity index (χ2n) is 5.20. The molecule has 1 aliphatic rings. The van der Waals surface area contributed by atoms with Crippen molar-refractivity contribution in [3.8, 4) is 11.4 Å². The molecule has 4 nitrogen and oxygen atoms in total. The molecule has 19 heavy (non-hydrogen) atoms. The molecule has 0 spiro atoms. The maximum atomic E-state index is 5.49. The molecule has 2 aromatic rings. The van der Waals surface area contributed by atoms with Crippen LogP contribution in [-0.4, -0.2) is 23.2 Å². The minimum absolute atomic E-state index is 0.357. The Morgan fingerprint density at radius 2 is 2.11 bits per heavy atom. The lowest BCUT2D eigenvalue weighted by Gasteiger charge is -2.14. The summed E-state index contributed by atoms with van der Waals surface area (Å²) in [7, 11) is 2.00. The van der Waals surface area contributed by atoms with Crippen molar-refractivity contribution < 1.29 is 4.52 Å². The number of likely N-dealkylation sites (N-methyl/N-ethyl adjacent to an activating group) is 1. The van der Waals surface area contributed by atoms with Crippen LogP contribution in [-0.2, 0) is 0 Å². The van der Waals surface area contributed by atoms with Crippen molar-refractivity contribution in [3.05, 3.63) is 35.7 Å². The maximum Gasteiger partial charge on any atom is 0.231 e. The van der Waals surface area contributed by atoms with Crippen LogP contribution >= 0.6 is 0 Å². The second-order valence-corrected chi connectivity index (χ2v) is 5.20. The molecular weight excluding hydrogens is 238 g/mol. The number of nitrogens with one attached hydrogen (secondary N) is 1. The normalized spacial score (nSPS) is 22.8. The van der Waals surface area contributed by atoms with Crippen LogP contribution in [0, 0.1) is 6.92 Å². The summed E-state index contributed by atoms with van der Waals surface area (Å²) < 4.78 is 5.49. The molecule has 0 amide bonds. The number of rotatable bonds is 3. The van der Waals surface area contributed by atoms with Crippen molar-refractivity contribution in [2.24, 2.45) is 0 Å². The van der Waals surface area contributed by atoms with Gasteiger partial charge in [-0.25, -0.2) is 0 Å². The van der Waals surface area contributed by atoms with E-state index in [0.717, 1.165) is 17.9 Å². The molecule has 0 aliphatic heterocycles. The molecule has 1 saturated carbocycles. The highest BCUT2D eigenvalue weighted by Crippen LogP contribution is 2.34. The van der Waals surface area contributed by atoms with Gasteiger partial charge in [0, 0.05) is 11.6 Å². The minimum Gasteiger partial charge on any atom is -0.339 e. The van der Waals surface area contributed by atoms with Gasteiger partial charge in [0.05, 0.1) is 5.92 Å². The van der Waals surface area contributed by atoms with Crippen molar-refractivity contribution in [2.75, 3.05) is 7.05 Å². The first kappa shape index (κ1) is 12.4. The molecule has 100 valence electrons. The molecule has 2 unspecified atom stereocenters. The van der Waals surface area contributed by atoms with Crippen molar-refractivity contribution in [1.29, 1.82) is 0 Å². The maximum absolute atomic E-state index is 5.49. The monoisotopic (exact) mass is 257 g/mol. The molecule has 1 N–H and O–H groups in total. The van der Waals surface area contributed by atoms with Gasteiger partial charge in [-0.2, -0.15) is 4.98 Å². The largest absolute Gasteiger partial charge is 0.339 e. The molecule has 1 aromatic heterocycles. The first-order valence-electron chi connectivity index (χ1n) is 6.86. The van der Waals surface area contributed by atoms with Crippen LogP contribution in [0.3, 0.4) is 0 Å². The minimum atomic E-state index is 0.357. The Hall–Kier alpha value is -1.68. The van der Waals surface area contributed by atoms with E-state index in [2.05, 4.69) is 28.4 Å². The molecule has 0 saturated heterocycles. The number of benzene rings is 1. The molecule has 3 rings (SSSR count). The zero-order chi connectivity index (χ0) is 13.2. The summed E-state index contributed by atoms with van der Waals surface area (Å²) in [4.78, 5) is 4.60. The summed E-state index contributed by atoms with van der Waals surface area (Å²) in [5.41, 5.74) is 2.22. The van der Waals surface area contributed by atoms with E-state index in [1.165, 1.54) is 18.4 Å². The van der Waals surface area contributed by atoms with Crippen molar-refractivity contribution in [2.45, 2.75) is 38.1 Å². The lowest BCUT2D eigenvalue weighted by Crippen LogP contribution is -2.27. The average Bonchev–Trinajstić information content (AvgIpc) is 3.07. The lowest BCUT2D eigenvalue weighted by molar-refractivity contribution is 0.335. The fraction of sp³-hybridized carbons (Fsp3) is 0.467. The van der Waals surface area contributed by atoms with Gasteiger partial charge in [-0.3, -0.25) is 0 Å². The van der Waals surface area contributed by atoms with Crippen LogP contribution in [0.25, 0.3) is 11.4 Å². The van der Waals surface area contributed by atoms with E-state index in [1.807, 2.05) is 25.2 Å². The van der Waals surface area contributed by atoms with Gasteiger partial charge in [-0.15, -0.1) is 0 Å². The van der Waals surface area contributed by atoms with Gasteiger partial charge in [0.2, 0.25) is 11.7 Å². The quantitative estimate of drug-likeness (QED) is 0.918. The van der Waals surface area contributed by atoms with E-state index in [0.29, 0.717) is 17.8 Å². The summed E-state index contributed by atoms with van der Waals surface area (Å²) in [6.07, 6.45) is 3.53. The lowest BCUT2D eigenvalue weighted by atomic mass is 10.0. The van der Waals surface area contributed by atoms with Gasteiger partial charge in [-0.1, -0.05) is 35.8 Å². The summed E-state index contributed by atoms with van der Waals surface area (Å²) in [6.45, 7) is 2.07. The predicted octanol–water partition coefficient (Wildman–Crippen LogP) is 2.90. The Kier molecular flexibility index (Phi) is 3.34. The molecule has 0 bridgehead atoms. The molecule has 1 aliphatic carbocycles. The van der Waals surface area contributed by atoms with E-state index in [9.17, 15) is 0 Å². The third-order valence-corrected chi connectivity index (χ3v) is 4.03. The molecular formula is C15H19N3O. The highest BCUT2D eigenvalue weighted by atomic mass is 16.5. The fourth-order valence-corrected chi connectivity index (χ4v) is 2.92. The summed E-state index contributed by atoms with van der Waals surface area (Å²) in [5.74, 6) is 1.83. The summed E-state index contributed by atoms with van der Waals surface area (Å²) in [6, 6.07) is 8.59. The first-order chi connectivity index (χ1) is 9.29. The Balaban J connectivity index is 1.90. The van der Waals surface area contributed by atoms with E-state index in [-0.39, 0.29) is 0 Å². The standard InChI is InChI=1S/C15H19N3O/c1-10-6-3-4-7-11(10)14-17-15(19-18-14)12-8-5-9-13(12)16-2/h3-4,6-7,12-13,16H,5,8-9H2,1-2H3. The van der Waals surface area contributed by atoms with E-state index in [4.69, 9.17) is 4.52 Å². The fourth-order valence-electron chi connectivity index (χ4n) is 2.92. The number of nitrogens with zero attached hydrogens (tertiary/aromatic N) is 2. The smallest absolute Gasteiger partial charge is 0.231 e. The van der Waals surface area contributed by atoms with Crippen LogP contribution in [0.5, 0.6) is 0 Å². The van der Waals surface area contributed by atoms with E-state index >= 15 is 0 Å². The Morgan fingerprint density at radius 1 is 1.26 bits per heavy atom. The SMILES string of the molecule is CNC1CCCC1c1nc(-c2ccccc2C)no1. The van der Waals surface area contributed by atoms with E-state index < -0.39 is 0 Å². The van der Waals surface area contributed by atoms with Crippen LogP contribution in [0.2, 0.25) is 0 Å². The van der Waals surface area contributed by atoms with Crippen LogP contribution in [0.1, 0.15) is 36.6 Å². The third kappa shape index (κ3) is 2.28. The number of hydrogen-bond acceptors (Lipinski definition) is 4. The average molecular weight is 257 g/mol. The third-order valence-electron chi connectivity index (χ3n) is 4.03. The molecule has 1 heterocycles. The van der Waals surface area contributed by atoms with Crippen LogP contribution in [0.15, 0.2) is 28.8 Å². The van der Waals surface area contributed by atoms with Gasteiger partial charge in [0.1, 0.15) is 0 Å². The summed E-state index contributed by atoms with van der Waals surface area (Å²) >= 11 is 0. The predicted molar refractivity (Wildman–Crippen MR) is 73.9 cm³/mol. The Labute approximate surface area is 113 Å². The number of hydrogen-bond donors (Lipinski definition) is 1. The van der Waals surface area contributed by atoms with Gasteiger partial charge in [0.25, 0.3) is 0 Å². The van der Waals surface area contributed by atoms with Crippen LogP contribution in [0.4, 0.5) is 0 Å². The zero-order valence-corrected chi connectivity index (χ0v) is 11.4. The van der Waals surface area contributed by atoms with Gasteiger partial charge >= 0.3 is 0 Å². The first-order valence-corrected chi connectivity index (χ1v) is 6.86. The topological polar surface area (TPSA) is 51.0 Å². The zero-order valence-electron chi connectivity index (χ0n) is 11.4. The van der Waals surface area contributed by atoms with Gasteiger partial charge < -0.3 is 9.84 Å². The molecule has 2 atom stereocenters. The van der Waals surface area contributed by atoms with Crippen molar-refractivity contribution in [3.63, 3.8) is 0 Å². The van der Waals surface area contributed by atoms with Crippen molar-refractivity contribution in [1.82, 2.24) is 15.5 Å². The summed E-state index contributed by atoms with van der Waals surface area (Å²) in [5, 5.41) is 7.49. The Bertz CT molecular complexity index is 564. The highest BCUT2D eigenvalue weighted by Gasteiger charge is 2.31. The molecule has 4 heteroatoms. The highest BCUT2D eigenvalue weighted by molar-refractivity contribution is 5.59. The molecule has 0 radical (unpaired) electrons. The Morgan fingerprint density at radius 3 is 2.89 bits per heavy atom. The molecule has 1 fully saturated rings. The van der Waals surface area contributed by atoms with Gasteiger partial charge in [-0.05, 0) is 32.4 Å². The van der Waals surface area contributed by atoms with Gasteiger partial charge in [0.15, 0.2) is 0 Å². The number of aryl methyl sites for hydroxylation is 1. The van der Waals surface area contributed by atoms with Crippen molar-refractivity contribution >= 4 is 0 Å². The second kappa shape index (κ2) is 5.13. The van der Waals surface area contributed by atoms with E-state index in [1.54, 1.807) is 0 Å². The number of aromatic nitrogens is 2. The van der Waals surface area contributed by atoms with Crippen LogP contribution < -0.4 is 5.32 Å².